The van der Waals surface area contributed by atoms with Crippen LogP contribution in [0.3, 0.4) is 0 Å². The van der Waals surface area contributed by atoms with E-state index in [4.69, 9.17) is 22.1 Å². The number of benzene rings is 1. The molecule has 0 radical (unpaired) electrons. The molecule has 7 N–H and O–H groups in total. The molecule has 0 saturated carbocycles. The molecule has 1 heterocycles. The van der Waals surface area contributed by atoms with Gasteiger partial charge in [0.05, 0.1) is 13.2 Å². The van der Waals surface area contributed by atoms with Crippen LogP contribution in [0.5, 0.6) is 0 Å². The van der Waals surface area contributed by atoms with Crippen LogP contribution in [0, 0.1) is 0 Å². The Morgan fingerprint density at radius 1 is 1.23 bits per heavy atom. The van der Waals surface area contributed by atoms with E-state index in [9.17, 15) is 15.3 Å². The number of thiocarbonyl (C=S) groups is 1. The topological polar surface area (TPSA) is 126 Å². The summed E-state index contributed by atoms with van der Waals surface area (Å²) < 4.78 is 5.31. The summed E-state index contributed by atoms with van der Waals surface area (Å²) in [5, 5.41) is 41.4. The lowest BCUT2D eigenvalue weighted by Gasteiger charge is -2.31. The van der Waals surface area contributed by atoms with Crippen molar-refractivity contribution in [2.75, 3.05) is 18.5 Å². The zero-order valence-corrected chi connectivity index (χ0v) is 12.5. The van der Waals surface area contributed by atoms with Crippen molar-refractivity contribution in [2.24, 2.45) is 0 Å². The van der Waals surface area contributed by atoms with Crippen molar-refractivity contribution in [2.45, 2.75) is 24.0 Å². The van der Waals surface area contributed by atoms with Crippen LogP contribution in [0.25, 0.3) is 0 Å². The van der Waals surface area contributed by atoms with Gasteiger partial charge in [0, 0.05) is 5.69 Å². The first-order valence-electron chi connectivity index (χ1n) is 6.67. The summed E-state index contributed by atoms with van der Waals surface area (Å²) in [6.45, 7) is -1.13. The van der Waals surface area contributed by atoms with E-state index >= 15 is 0 Å². The third-order valence-corrected chi connectivity index (χ3v) is 3.58. The van der Waals surface area contributed by atoms with Crippen LogP contribution in [0.1, 0.15) is 0 Å². The molecule has 1 aromatic rings. The fraction of sp³-hybridized carbons (Fsp3) is 0.462. The van der Waals surface area contributed by atoms with Gasteiger partial charge < -0.3 is 30.5 Å². The van der Waals surface area contributed by atoms with Crippen molar-refractivity contribution in [1.29, 1.82) is 0 Å². The first-order valence-corrected chi connectivity index (χ1v) is 7.08. The van der Waals surface area contributed by atoms with Crippen molar-refractivity contribution >= 4 is 23.0 Å². The fourth-order valence-corrected chi connectivity index (χ4v) is 2.32. The van der Waals surface area contributed by atoms with Crippen LogP contribution in [0.15, 0.2) is 30.3 Å². The Bertz CT molecular complexity index is 506. The van der Waals surface area contributed by atoms with Crippen molar-refractivity contribution in [1.82, 2.24) is 10.9 Å². The highest BCUT2D eigenvalue weighted by atomic mass is 32.1. The quantitative estimate of drug-likeness (QED) is 0.249. The van der Waals surface area contributed by atoms with Gasteiger partial charge in [-0.05, 0) is 24.4 Å². The number of hydrogen-bond donors (Lipinski definition) is 7. The second-order valence-corrected chi connectivity index (χ2v) is 5.30. The molecular formula is C13H19N3O5S. The number of hydrogen-bond acceptors (Lipinski definition) is 7. The molecular weight excluding hydrogens is 310 g/mol. The molecule has 22 heavy (non-hydrogen) atoms. The number of aliphatic hydroxyl groups is 4. The fourth-order valence-electron chi connectivity index (χ4n) is 2.15. The molecule has 2 rings (SSSR count). The number of hydrazine groups is 1. The Morgan fingerprint density at radius 3 is 2.45 bits per heavy atom. The van der Waals surface area contributed by atoms with Crippen LogP contribution in [0.4, 0.5) is 5.69 Å². The molecule has 0 amide bonds. The third-order valence-electron chi connectivity index (χ3n) is 3.38. The van der Waals surface area contributed by atoms with E-state index in [1.165, 1.54) is 0 Å². The normalized spacial score (nSPS) is 31.0. The van der Waals surface area contributed by atoms with Gasteiger partial charge in [-0.25, -0.2) is 0 Å². The van der Waals surface area contributed by atoms with Gasteiger partial charge in [0.1, 0.15) is 18.3 Å². The zero-order valence-electron chi connectivity index (χ0n) is 11.6. The SMILES string of the molecule is OC[C@@H]1O[C@](CO)(NNC(=S)Nc2ccccc2)[C@H](O)[C@@H]1O. The summed E-state index contributed by atoms with van der Waals surface area (Å²) >= 11 is 5.08. The first kappa shape index (κ1) is 17.0. The number of nitrogens with one attached hydrogen (secondary N) is 3. The van der Waals surface area contributed by atoms with Gasteiger partial charge in [0.15, 0.2) is 10.8 Å². The number of anilines is 1. The second kappa shape index (κ2) is 7.29. The lowest BCUT2D eigenvalue weighted by molar-refractivity contribution is -0.142. The Labute approximate surface area is 132 Å². The van der Waals surface area contributed by atoms with E-state index in [1.807, 2.05) is 30.3 Å². The number of aliphatic hydroxyl groups excluding tert-OH is 4. The summed E-state index contributed by atoms with van der Waals surface area (Å²) in [5.41, 5.74) is 4.23. The zero-order chi connectivity index (χ0) is 16.2. The van der Waals surface area contributed by atoms with Crippen LogP contribution in [0.2, 0.25) is 0 Å². The van der Waals surface area contributed by atoms with Gasteiger partial charge in [-0.3, -0.25) is 5.43 Å². The number of para-hydroxylation sites is 1. The van der Waals surface area contributed by atoms with Gasteiger partial charge in [-0.15, -0.1) is 0 Å². The maximum Gasteiger partial charge on any atom is 0.187 e. The average Bonchev–Trinajstić information content (AvgIpc) is 2.79. The second-order valence-electron chi connectivity index (χ2n) is 4.89. The summed E-state index contributed by atoms with van der Waals surface area (Å²) in [4.78, 5) is 0. The summed E-state index contributed by atoms with van der Waals surface area (Å²) in [6, 6.07) is 9.14. The Hall–Kier alpha value is -1.33. The predicted octanol–water partition coefficient (Wildman–Crippen LogP) is -1.72. The first-order chi connectivity index (χ1) is 10.5. The molecule has 1 saturated heterocycles. The number of ether oxygens (including phenoxy) is 1. The lowest BCUT2D eigenvalue weighted by Crippen LogP contribution is -2.63. The van der Waals surface area contributed by atoms with Gasteiger partial charge in [-0.2, -0.15) is 5.43 Å². The maximum absolute atomic E-state index is 10.00. The van der Waals surface area contributed by atoms with Crippen molar-refractivity contribution in [3.05, 3.63) is 30.3 Å². The van der Waals surface area contributed by atoms with E-state index in [0.717, 1.165) is 5.69 Å². The van der Waals surface area contributed by atoms with Crippen LogP contribution in [-0.4, -0.2) is 62.8 Å². The van der Waals surface area contributed by atoms with E-state index in [-0.39, 0.29) is 5.11 Å². The molecule has 0 bridgehead atoms. The molecule has 1 aliphatic rings. The molecule has 8 nitrogen and oxygen atoms in total. The molecule has 1 fully saturated rings. The molecule has 122 valence electrons. The van der Waals surface area contributed by atoms with E-state index in [0.29, 0.717) is 0 Å². The standard InChI is InChI=1S/C13H19N3O5S/c17-6-9-10(19)11(20)13(7-18,21-9)16-15-12(22)14-8-4-2-1-3-5-8/h1-5,9-11,16-20H,6-7H2,(H2,14,15,22)/t9-,10+,11+,13-/m0/s1. The lowest BCUT2D eigenvalue weighted by atomic mass is 10.0. The summed E-state index contributed by atoms with van der Waals surface area (Å²) in [5.74, 6) is 0. The molecule has 0 unspecified atom stereocenters. The third kappa shape index (κ3) is 3.52. The van der Waals surface area contributed by atoms with E-state index in [1.54, 1.807) is 0 Å². The smallest absolute Gasteiger partial charge is 0.187 e. The highest BCUT2D eigenvalue weighted by molar-refractivity contribution is 7.80. The highest BCUT2D eigenvalue weighted by Crippen LogP contribution is 2.28. The molecule has 1 aromatic carbocycles. The van der Waals surface area contributed by atoms with Crippen molar-refractivity contribution in [3.63, 3.8) is 0 Å². The molecule has 4 atom stereocenters. The molecule has 1 aliphatic heterocycles. The minimum absolute atomic E-state index is 0.178. The molecule has 0 spiro atoms. The van der Waals surface area contributed by atoms with Gasteiger partial charge in [0.25, 0.3) is 0 Å². The molecule has 9 heteroatoms. The summed E-state index contributed by atoms with van der Waals surface area (Å²) in [6.07, 6.45) is -3.78. The Kier molecular flexibility index (Phi) is 5.64. The van der Waals surface area contributed by atoms with Crippen LogP contribution >= 0.6 is 12.2 Å². The highest BCUT2D eigenvalue weighted by Gasteiger charge is 2.54. The molecule has 0 aliphatic carbocycles. The van der Waals surface area contributed by atoms with E-state index in [2.05, 4.69) is 16.2 Å². The number of rotatable bonds is 5. The van der Waals surface area contributed by atoms with Crippen LogP contribution < -0.4 is 16.2 Å². The van der Waals surface area contributed by atoms with Crippen LogP contribution in [-0.2, 0) is 4.74 Å². The van der Waals surface area contributed by atoms with Crippen molar-refractivity contribution in [3.8, 4) is 0 Å². The molecule has 0 aromatic heterocycles. The summed E-state index contributed by atoms with van der Waals surface area (Å²) in [7, 11) is 0. The van der Waals surface area contributed by atoms with Crippen molar-refractivity contribution < 1.29 is 25.2 Å². The van der Waals surface area contributed by atoms with Gasteiger partial charge in [0.2, 0.25) is 0 Å². The minimum Gasteiger partial charge on any atom is -0.394 e. The largest absolute Gasteiger partial charge is 0.394 e. The Morgan fingerprint density at radius 2 is 1.91 bits per heavy atom. The monoisotopic (exact) mass is 329 g/mol. The maximum atomic E-state index is 10.00. The average molecular weight is 329 g/mol. The van der Waals surface area contributed by atoms with Gasteiger partial charge >= 0.3 is 0 Å². The van der Waals surface area contributed by atoms with Gasteiger partial charge in [-0.1, -0.05) is 18.2 Å². The minimum atomic E-state index is -1.67. The van der Waals surface area contributed by atoms with E-state index < -0.39 is 37.3 Å². The Balaban J connectivity index is 1.95. The predicted molar refractivity (Wildman–Crippen MR) is 82.7 cm³/mol.